The molecule has 0 radical (unpaired) electrons. The fraction of sp³-hybridized carbons (Fsp3) is 0.476. The molecule has 2 aromatic rings. The number of nitrogens with zero attached hydrogens (tertiary/aromatic N) is 1. The van der Waals surface area contributed by atoms with Gasteiger partial charge < -0.3 is 14.8 Å². The van der Waals surface area contributed by atoms with Crippen LogP contribution in [0.3, 0.4) is 0 Å². The number of hydrogen-bond donors (Lipinski definition) is 1. The van der Waals surface area contributed by atoms with Crippen LogP contribution in [-0.4, -0.2) is 29.5 Å². The number of aromatic nitrogens is 1. The number of aryl methyl sites for hydroxylation is 1. The summed E-state index contributed by atoms with van der Waals surface area (Å²) in [6, 6.07) is 6.85. The van der Waals surface area contributed by atoms with Crippen molar-refractivity contribution in [3.63, 3.8) is 0 Å². The van der Waals surface area contributed by atoms with Gasteiger partial charge in [-0.2, -0.15) is 0 Å². The van der Waals surface area contributed by atoms with E-state index in [-0.39, 0.29) is 18.6 Å². The zero-order valence-electron chi connectivity index (χ0n) is 16.3. The Morgan fingerprint density at radius 2 is 1.96 bits per heavy atom. The molecule has 0 unspecified atom stereocenters. The standard InChI is InChI=1S/C21H26N2O4S/c1-14-5-3-4-6-19(14)23-20(24)12-27-21(25)16-7-9-18(10-8-16)26-11-17-13-28-15(2)22-17/h7-10,13-14,19H,3-6,11-12H2,1-2H3,(H,23,24)/t14-,19+/m1/s1. The van der Waals surface area contributed by atoms with Crippen molar-refractivity contribution in [2.75, 3.05) is 6.61 Å². The van der Waals surface area contributed by atoms with Gasteiger partial charge in [0, 0.05) is 11.4 Å². The Morgan fingerprint density at radius 1 is 1.21 bits per heavy atom. The molecule has 1 aromatic heterocycles. The van der Waals surface area contributed by atoms with Gasteiger partial charge in [0.1, 0.15) is 12.4 Å². The third-order valence-corrected chi connectivity index (χ3v) is 5.76. The van der Waals surface area contributed by atoms with Gasteiger partial charge >= 0.3 is 5.97 Å². The first-order valence-electron chi connectivity index (χ1n) is 9.61. The lowest BCUT2D eigenvalue weighted by molar-refractivity contribution is -0.125. The van der Waals surface area contributed by atoms with E-state index in [2.05, 4.69) is 17.2 Å². The van der Waals surface area contributed by atoms with Crippen molar-refractivity contribution < 1.29 is 19.1 Å². The molecule has 0 spiro atoms. The normalized spacial score (nSPS) is 19.1. The van der Waals surface area contributed by atoms with Gasteiger partial charge in [0.05, 0.1) is 16.3 Å². The molecule has 1 fully saturated rings. The number of rotatable bonds is 7. The summed E-state index contributed by atoms with van der Waals surface area (Å²) in [7, 11) is 0. The minimum atomic E-state index is -0.520. The van der Waals surface area contributed by atoms with Gasteiger partial charge in [0.25, 0.3) is 5.91 Å². The zero-order chi connectivity index (χ0) is 19.9. The lowest BCUT2D eigenvalue weighted by atomic mass is 9.86. The topological polar surface area (TPSA) is 77.5 Å². The summed E-state index contributed by atoms with van der Waals surface area (Å²) in [6.07, 6.45) is 4.46. The van der Waals surface area contributed by atoms with Crippen molar-refractivity contribution >= 4 is 23.2 Å². The van der Waals surface area contributed by atoms with Crippen LogP contribution in [0, 0.1) is 12.8 Å². The van der Waals surface area contributed by atoms with E-state index < -0.39 is 5.97 Å². The van der Waals surface area contributed by atoms with Gasteiger partial charge in [-0.25, -0.2) is 9.78 Å². The van der Waals surface area contributed by atoms with Gasteiger partial charge in [-0.05, 0) is 49.9 Å². The van der Waals surface area contributed by atoms with Crippen molar-refractivity contribution in [3.05, 3.63) is 45.9 Å². The van der Waals surface area contributed by atoms with Gasteiger partial charge in [0.2, 0.25) is 0 Å². The number of thiazole rings is 1. The Bertz CT molecular complexity index is 803. The van der Waals surface area contributed by atoms with Crippen LogP contribution in [0.2, 0.25) is 0 Å². The number of benzene rings is 1. The van der Waals surface area contributed by atoms with Gasteiger partial charge in [-0.1, -0.05) is 19.8 Å². The smallest absolute Gasteiger partial charge is 0.338 e. The van der Waals surface area contributed by atoms with E-state index in [9.17, 15) is 9.59 Å². The highest BCUT2D eigenvalue weighted by atomic mass is 32.1. The third-order valence-electron chi connectivity index (χ3n) is 4.94. The molecule has 0 saturated heterocycles. The molecule has 7 heteroatoms. The minimum Gasteiger partial charge on any atom is -0.487 e. The molecule has 1 aliphatic rings. The maximum absolute atomic E-state index is 12.1. The Labute approximate surface area is 169 Å². The first-order valence-corrected chi connectivity index (χ1v) is 10.5. The highest BCUT2D eigenvalue weighted by Gasteiger charge is 2.23. The summed E-state index contributed by atoms with van der Waals surface area (Å²) in [4.78, 5) is 28.5. The second-order valence-electron chi connectivity index (χ2n) is 7.18. The number of carbonyl (C=O) groups excluding carboxylic acids is 2. The number of carbonyl (C=O) groups is 2. The van der Waals surface area contributed by atoms with E-state index >= 15 is 0 Å². The van der Waals surface area contributed by atoms with Crippen molar-refractivity contribution in [2.24, 2.45) is 5.92 Å². The van der Waals surface area contributed by atoms with Gasteiger partial charge in [-0.3, -0.25) is 4.79 Å². The molecule has 0 aliphatic heterocycles. The molecule has 1 N–H and O–H groups in total. The molecular weight excluding hydrogens is 376 g/mol. The van der Waals surface area contributed by atoms with E-state index in [0.717, 1.165) is 30.0 Å². The number of esters is 1. The molecule has 2 atom stereocenters. The summed E-state index contributed by atoms with van der Waals surface area (Å²) in [5, 5.41) is 5.93. The summed E-state index contributed by atoms with van der Waals surface area (Å²) in [6.45, 7) is 4.22. The molecule has 28 heavy (non-hydrogen) atoms. The molecule has 1 aromatic carbocycles. The maximum atomic E-state index is 12.1. The SMILES string of the molecule is Cc1nc(COc2ccc(C(=O)OCC(=O)N[C@H]3CCCC[C@H]3C)cc2)cs1. The summed E-state index contributed by atoms with van der Waals surface area (Å²) in [5.74, 6) is 0.347. The molecular formula is C21H26N2O4S. The van der Waals surface area contributed by atoms with Crippen LogP contribution in [-0.2, 0) is 16.1 Å². The minimum absolute atomic E-state index is 0.179. The average Bonchev–Trinajstić information content (AvgIpc) is 3.12. The summed E-state index contributed by atoms with van der Waals surface area (Å²) >= 11 is 1.58. The molecule has 1 heterocycles. The monoisotopic (exact) mass is 402 g/mol. The quantitative estimate of drug-likeness (QED) is 0.711. The van der Waals surface area contributed by atoms with Crippen LogP contribution < -0.4 is 10.1 Å². The highest BCUT2D eigenvalue weighted by Crippen LogP contribution is 2.23. The number of hydrogen-bond acceptors (Lipinski definition) is 6. The molecule has 150 valence electrons. The lowest BCUT2D eigenvalue weighted by Crippen LogP contribution is -2.42. The second kappa shape index (κ2) is 9.68. The van der Waals surface area contributed by atoms with E-state index in [1.165, 1.54) is 6.42 Å². The Balaban J connectivity index is 1.43. The van der Waals surface area contributed by atoms with Gasteiger partial charge in [0.15, 0.2) is 6.61 Å². The van der Waals surface area contributed by atoms with E-state index in [0.29, 0.717) is 23.8 Å². The average molecular weight is 403 g/mol. The number of amides is 1. The molecule has 6 nitrogen and oxygen atoms in total. The van der Waals surface area contributed by atoms with Crippen molar-refractivity contribution in [2.45, 2.75) is 52.2 Å². The summed E-state index contributed by atoms with van der Waals surface area (Å²) < 4.78 is 10.8. The first-order chi connectivity index (χ1) is 13.5. The molecule has 1 saturated carbocycles. The van der Waals surface area contributed by atoms with Crippen LogP contribution in [0.5, 0.6) is 5.75 Å². The second-order valence-corrected chi connectivity index (χ2v) is 8.25. The largest absolute Gasteiger partial charge is 0.487 e. The fourth-order valence-corrected chi connectivity index (χ4v) is 3.91. The maximum Gasteiger partial charge on any atom is 0.338 e. The Hall–Kier alpha value is -2.41. The predicted octanol–water partition coefficient (Wildman–Crippen LogP) is 3.88. The first kappa shape index (κ1) is 20.3. The van der Waals surface area contributed by atoms with Gasteiger partial charge in [-0.15, -0.1) is 11.3 Å². The Kier molecular flexibility index (Phi) is 7.03. The predicted molar refractivity (Wildman–Crippen MR) is 107 cm³/mol. The van der Waals surface area contributed by atoms with E-state index in [4.69, 9.17) is 9.47 Å². The van der Waals surface area contributed by atoms with Crippen LogP contribution >= 0.6 is 11.3 Å². The molecule has 3 rings (SSSR count). The van der Waals surface area contributed by atoms with Crippen LogP contribution in [0.15, 0.2) is 29.6 Å². The van der Waals surface area contributed by atoms with Crippen LogP contribution in [0.1, 0.15) is 53.7 Å². The molecule has 0 bridgehead atoms. The molecule has 1 aliphatic carbocycles. The fourth-order valence-electron chi connectivity index (χ4n) is 3.31. The van der Waals surface area contributed by atoms with Crippen molar-refractivity contribution in [1.29, 1.82) is 0 Å². The summed E-state index contributed by atoms with van der Waals surface area (Å²) in [5.41, 5.74) is 1.26. The van der Waals surface area contributed by atoms with Crippen molar-refractivity contribution in [3.8, 4) is 5.75 Å². The lowest BCUT2D eigenvalue weighted by Gasteiger charge is -2.29. The molecule has 1 amide bonds. The Morgan fingerprint density at radius 3 is 2.64 bits per heavy atom. The van der Waals surface area contributed by atoms with E-state index in [1.54, 1.807) is 35.6 Å². The van der Waals surface area contributed by atoms with E-state index in [1.807, 2.05) is 12.3 Å². The van der Waals surface area contributed by atoms with Crippen molar-refractivity contribution in [1.82, 2.24) is 10.3 Å². The van der Waals surface area contributed by atoms with Crippen LogP contribution in [0.25, 0.3) is 0 Å². The number of ether oxygens (including phenoxy) is 2. The van der Waals surface area contributed by atoms with Crippen LogP contribution in [0.4, 0.5) is 0 Å². The third kappa shape index (κ3) is 5.79. The highest BCUT2D eigenvalue weighted by molar-refractivity contribution is 7.09. The zero-order valence-corrected chi connectivity index (χ0v) is 17.1. The number of nitrogens with one attached hydrogen (secondary N) is 1.